The summed E-state index contributed by atoms with van der Waals surface area (Å²) in [4.78, 5) is 0. The summed E-state index contributed by atoms with van der Waals surface area (Å²) in [5.74, 6) is 0.151. The molecule has 1 aliphatic heterocycles. The highest BCUT2D eigenvalue weighted by atomic mass is 35.5. The molecule has 0 atom stereocenters. The van der Waals surface area contributed by atoms with Crippen LogP contribution in [0, 0.1) is 5.82 Å². The largest absolute Gasteiger partial charge is 0.417 e. The zero-order chi connectivity index (χ0) is 19.9. The zero-order valence-corrected chi connectivity index (χ0v) is 15.4. The van der Waals surface area contributed by atoms with Gasteiger partial charge in [-0.25, -0.2) is 9.07 Å². The van der Waals surface area contributed by atoms with E-state index in [9.17, 15) is 17.6 Å². The molecule has 2 heterocycles. The highest BCUT2D eigenvalue weighted by Crippen LogP contribution is 2.40. The van der Waals surface area contributed by atoms with Crippen molar-refractivity contribution in [2.45, 2.75) is 25.4 Å². The third kappa shape index (κ3) is 3.35. The van der Waals surface area contributed by atoms with Gasteiger partial charge in [-0.3, -0.25) is 0 Å². The number of anilines is 1. The molecule has 0 radical (unpaired) electrons. The average molecular weight is 410 g/mol. The van der Waals surface area contributed by atoms with Crippen LogP contribution in [0.3, 0.4) is 0 Å². The summed E-state index contributed by atoms with van der Waals surface area (Å²) < 4.78 is 55.7. The number of halogens is 5. The molecular formula is C20H16ClF4N3. The second-order valence-corrected chi connectivity index (χ2v) is 7.02. The van der Waals surface area contributed by atoms with Crippen LogP contribution in [0.2, 0.25) is 5.02 Å². The van der Waals surface area contributed by atoms with Gasteiger partial charge in [-0.1, -0.05) is 29.8 Å². The monoisotopic (exact) mass is 409 g/mol. The van der Waals surface area contributed by atoms with Crippen LogP contribution >= 0.6 is 11.6 Å². The Kier molecular flexibility index (Phi) is 4.79. The second kappa shape index (κ2) is 7.13. The summed E-state index contributed by atoms with van der Waals surface area (Å²) in [6.45, 7) is 0.682. The van der Waals surface area contributed by atoms with E-state index in [4.69, 9.17) is 11.6 Å². The number of benzene rings is 2. The third-order valence-electron chi connectivity index (χ3n) is 4.76. The highest BCUT2D eigenvalue weighted by Gasteiger charge is 2.34. The molecular weight excluding hydrogens is 394 g/mol. The van der Waals surface area contributed by atoms with E-state index < -0.39 is 17.6 Å². The van der Waals surface area contributed by atoms with Gasteiger partial charge in [0.15, 0.2) is 0 Å². The van der Waals surface area contributed by atoms with E-state index in [0.29, 0.717) is 30.0 Å². The molecule has 0 saturated heterocycles. The first kappa shape index (κ1) is 18.8. The minimum atomic E-state index is -4.57. The second-order valence-electron chi connectivity index (χ2n) is 6.62. The van der Waals surface area contributed by atoms with E-state index in [1.165, 1.54) is 22.9 Å². The van der Waals surface area contributed by atoms with E-state index >= 15 is 0 Å². The minimum absolute atomic E-state index is 0.240. The number of aromatic nitrogens is 2. The standard InChI is InChI=1S/C20H16ClF4N3/c21-15-9-8-12(11-14(15)20(23,24)25)18-13-5-3-4-10-26-19(13)28(27-18)17-7-2-1-6-16(17)22/h1-2,6-9,11,26H,3-5,10H2. The lowest BCUT2D eigenvalue weighted by atomic mass is 10.0. The van der Waals surface area contributed by atoms with Gasteiger partial charge in [-0.15, -0.1) is 0 Å². The molecule has 0 unspecified atom stereocenters. The van der Waals surface area contributed by atoms with Crippen LogP contribution in [-0.2, 0) is 12.6 Å². The Morgan fingerprint density at radius 3 is 2.61 bits per heavy atom. The van der Waals surface area contributed by atoms with Gasteiger partial charge in [-0.2, -0.15) is 18.3 Å². The van der Waals surface area contributed by atoms with Gasteiger partial charge in [0.2, 0.25) is 0 Å². The van der Waals surface area contributed by atoms with Crippen LogP contribution in [0.1, 0.15) is 24.0 Å². The fourth-order valence-electron chi connectivity index (χ4n) is 3.42. The van der Waals surface area contributed by atoms with Gasteiger partial charge < -0.3 is 5.32 Å². The number of nitrogens with zero attached hydrogens (tertiary/aromatic N) is 2. The molecule has 1 aromatic heterocycles. The molecule has 0 aliphatic carbocycles. The third-order valence-corrected chi connectivity index (χ3v) is 5.08. The summed E-state index contributed by atoms with van der Waals surface area (Å²) >= 11 is 5.75. The maximum Gasteiger partial charge on any atom is 0.417 e. The Hall–Kier alpha value is -2.54. The summed E-state index contributed by atoms with van der Waals surface area (Å²) in [5.41, 5.74) is 0.796. The van der Waals surface area contributed by atoms with Crippen LogP contribution in [0.25, 0.3) is 16.9 Å². The van der Waals surface area contributed by atoms with Crippen molar-refractivity contribution in [3.8, 4) is 16.9 Å². The maximum absolute atomic E-state index is 14.4. The molecule has 0 spiro atoms. The van der Waals surface area contributed by atoms with E-state index in [-0.39, 0.29) is 10.7 Å². The van der Waals surface area contributed by atoms with E-state index in [0.717, 1.165) is 24.5 Å². The molecule has 28 heavy (non-hydrogen) atoms. The fourth-order valence-corrected chi connectivity index (χ4v) is 3.65. The molecule has 8 heteroatoms. The number of hydrogen-bond donors (Lipinski definition) is 1. The van der Waals surface area contributed by atoms with Crippen molar-refractivity contribution in [2.24, 2.45) is 0 Å². The zero-order valence-electron chi connectivity index (χ0n) is 14.7. The van der Waals surface area contributed by atoms with Crippen molar-refractivity contribution in [1.82, 2.24) is 9.78 Å². The van der Waals surface area contributed by atoms with Crippen LogP contribution in [0.15, 0.2) is 42.5 Å². The Balaban J connectivity index is 1.93. The Bertz CT molecular complexity index is 1030. The van der Waals surface area contributed by atoms with Crippen LogP contribution in [-0.4, -0.2) is 16.3 Å². The van der Waals surface area contributed by atoms with E-state index in [2.05, 4.69) is 10.4 Å². The molecule has 4 rings (SSSR count). The maximum atomic E-state index is 14.4. The van der Waals surface area contributed by atoms with Gasteiger partial charge in [0.05, 0.1) is 16.3 Å². The van der Waals surface area contributed by atoms with Crippen molar-refractivity contribution < 1.29 is 17.6 Å². The molecule has 0 bridgehead atoms. The normalized spacial score (nSPS) is 14.3. The van der Waals surface area contributed by atoms with Gasteiger partial charge in [0.1, 0.15) is 17.3 Å². The number of para-hydroxylation sites is 1. The number of alkyl halides is 3. The number of nitrogens with one attached hydrogen (secondary N) is 1. The molecule has 2 aromatic carbocycles. The quantitative estimate of drug-likeness (QED) is 0.518. The Morgan fingerprint density at radius 1 is 1.07 bits per heavy atom. The lowest BCUT2D eigenvalue weighted by Crippen LogP contribution is -2.08. The number of hydrogen-bond acceptors (Lipinski definition) is 2. The molecule has 146 valence electrons. The first-order valence-electron chi connectivity index (χ1n) is 8.84. The van der Waals surface area contributed by atoms with Gasteiger partial charge in [0, 0.05) is 17.7 Å². The first-order chi connectivity index (χ1) is 13.4. The highest BCUT2D eigenvalue weighted by molar-refractivity contribution is 6.31. The minimum Gasteiger partial charge on any atom is -0.370 e. The van der Waals surface area contributed by atoms with Crippen molar-refractivity contribution in [2.75, 3.05) is 11.9 Å². The van der Waals surface area contributed by atoms with Crippen molar-refractivity contribution in [1.29, 1.82) is 0 Å². The topological polar surface area (TPSA) is 29.9 Å². The predicted octanol–water partition coefficient (Wildman–Crippen LogP) is 6.10. The Morgan fingerprint density at radius 2 is 1.86 bits per heavy atom. The smallest absolute Gasteiger partial charge is 0.370 e. The summed E-state index contributed by atoms with van der Waals surface area (Å²) in [5, 5.41) is 7.38. The number of fused-ring (bicyclic) bond motifs is 1. The molecule has 1 N–H and O–H groups in total. The average Bonchev–Trinajstić information content (AvgIpc) is 2.83. The Labute approximate surface area is 163 Å². The predicted molar refractivity (Wildman–Crippen MR) is 100 cm³/mol. The molecule has 0 fully saturated rings. The van der Waals surface area contributed by atoms with Gasteiger partial charge in [-0.05, 0) is 43.5 Å². The van der Waals surface area contributed by atoms with Crippen LogP contribution in [0.4, 0.5) is 23.4 Å². The van der Waals surface area contributed by atoms with Crippen LogP contribution in [0.5, 0.6) is 0 Å². The number of rotatable bonds is 2. The van der Waals surface area contributed by atoms with Crippen molar-refractivity contribution >= 4 is 17.4 Å². The molecule has 1 aliphatic rings. The fraction of sp³-hybridized carbons (Fsp3) is 0.250. The summed E-state index contributed by atoms with van der Waals surface area (Å²) in [6.07, 6.45) is -2.18. The van der Waals surface area contributed by atoms with Crippen molar-refractivity contribution in [3.05, 3.63) is 64.4 Å². The lowest BCUT2D eigenvalue weighted by Gasteiger charge is -2.10. The van der Waals surface area contributed by atoms with Crippen molar-refractivity contribution in [3.63, 3.8) is 0 Å². The molecule has 3 aromatic rings. The van der Waals surface area contributed by atoms with Gasteiger partial charge >= 0.3 is 6.18 Å². The summed E-state index contributed by atoms with van der Waals surface area (Å²) in [7, 11) is 0. The molecule has 0 amide bonds. The van der Waals surface area contributed by atoms with E-state index in [1.807, 2.05) is 0 Å². The molecule has 0 saturated carbocycles. The van der Waals surface area contributed by atoms with E-state index in [1.54, 1.807) is 18.2 Å². The SMILES string of the molecule is Fc1ccccc1-n1nc(-c2ccc(Cl)c(C(F)(F)F)c2)c2c1NCCCC2. The first-order valence-corrected chi connectivity index (χ1v) is 9.22. The van der Waals surface area contributed by atoms with Gasteiger partial charge in [0.25, 0.3) is 0 Å². The lowest BCUT2D eigenvalue weighted by molar-refractivity contribution is -0.137. The molecule has 3 nitrogen and oxygen atoms in total. The summed E-state index contributed by atoms with van der Waals surface area (Å²) in [6, 6.07) is 9.90. The van der Waals surface area contributed by atoms with Crippen LogP contribution < -0.4 is 5.32 Å².